The second-order valence-corrected chi connectivity index (χ2v) is 5.50. The Morgan fingerprint density at radius 3 is 2.71 bits per heavy atom. The fraction of sp³-hybridized carbons (Fsp3) is 0.412. The maximum absolute atomic E-state index is 5.06. The van der Waals surface area contributed by atoms with E-state index in [1.807, 2.05) is 19.2 Å². The maximum atomic E-state index is 5.06. The smallest absolute Gasteiger partial charge is 0.233 e. The van der Waals surface area contributed by atoms with Crippen LogP contribution in [-0.4, -0.2) is 24.4 Å². The van der Waals surface area contributed by atoms with E-state index < -0.39 is 0 Å². The Hall–Kier alpha value is -1.94. The molecular formula is C17H21N3O. The summed E-state index contributed by atoms with van der Waals surface area (Å²) in [5.74, 6) is 0.547. The zero-order chi connectivity index (χ0) is 14.7. The number of aromatic nitrogens is 2. The van der Waals surface area contributed by atoms with Gasteiger partial charge in [0.2, 0.25) is 5.88 Å². The number of rotatable bonds is 5. The zero-order valence-corrected chi connectivity index (χ0v) is 12.6. The second-order valence-electron chi connectivity index (χ2n) is 5.50. The van der Waals surface area contributed by atoms with E-state index in [9.17, 15) is 0 Å². The fourth-order valence-corrected chi connectivity index (χ4v) is 2.97. The Morgan fingerprint density at radius 2 is 2.00 bits per heavy atom. The van der Waals surface area contributed by atoms with Crippen LogP contribution in [0.3, 0.4) is 0 Å². The number of methoxy groups -OCH3 is 1. The molecule has 0 radical (unpaired) electrons. The summed E-state index contributed by atoms with van der Waals surface area (Å²) in [4.78, 5) is 0. The number of nitrogens with one attached hydrogen (secondary N) is 1. The van der Waals surface area contributed by atoms with Crippen molar-refractivity contribution in [2.75, 3.05) is 14.2 Å². The molecule has 0 aliphatic heterocycles. The monoisotopic (exact) mass is 283 g/mol. The molecule has 0 saturated heterocycles. The molecular weight excluding hydrogens is 262 g/mol. The topological polar surface area (TPSA) is 47.0 Å². The van der Waals surface area contributed by atoms with Crippen LogP contribution in [0, 0.1) is 0 Å². The average Bonchev–Trinajstić information content (AvgIpc) is 3.00. The molecule has 0 amide bonds. The van der Waals surface area contributed by atoms with Gasteiger partial charge in [-0.2, -0.15) is 5.10 Å². The summed E-state index contributed by atoms with van der Waals surface area (Å²) >= 11 is 0. The lowest BCUT2D eigenvalue weighted by atomic mass is 9.99. The third-order valence-electron chi connectivity index (χ3n) is 4.18. The third-order valence-corrected chi connectivity index (χ3v) is 4.18. The van der Waals surface area contributed by atoms with Gasteiger partial charge in [0.05, 0.1) is 18.8 Å². The molecule has 21 heavy (non-hydrogen) atoms. The molecule has 1 aromatic carbocycles. The Labute approximate surface area is 125 Å². The number of fused-ring (bicyclic) bond motifs is 1. The van der Waals surface area contributed by atoms with Crippen LogP contribution in [0.4, 0.5) is 0 Å². The summed E-state index contributed by atoms with van der Waals surface area (Å²) in [5.41, 5.74) is 5.33. The van der Waals surface area contributed by atoms with Crippen LogP contribution in [-0.2, 0) is 19.3 Å². The number of hydrogen-bond acceptors (Lipinski definition) is 4. The van der Waals surface area contributed by atoms with E-state index >= 15 is 0 Å². The predicted octanol–water partition coefficient (Wildman–Crippen LogP) is 2.48. The Morgan fingerprint density at radius 1 is 1.14 bits per heavy atom. The number of ether oxygens (including phenoxy) is 1. The molecule has 0 saturated carbocycles. The zero-order valence-electron chi connectivity index (χ0n) is 12.6. The Bertz CT molecular complexity index is 610. The summed E-state index contributed by atoms with van der Waals surface area (Å²) < 4.78 is 5.06. The lowest BCUT2D eigenvalue weighted by molar-refractivity contribution is 0.389. The van der Waals surface area contributed by atoms with Crippen molar-refractivity contribution in [3.63, 3.8) is 0 Å². The highest BCUT2D eigenvalue weighted by Gasteiger charge is 2.15. The van der Waals surface area contributed by atoms with Gasteiger partial charge in [-0.1, -0.05) is 18.2 Å². The molecule has 4 nitrogen and oxygen atoms in total. The lowest BCUT2D eigenvalue weighted by Crippen LogP contribution is -2.20. The first-order valence-electron chi connectivity index (χ1n) is 7.45. The van der Waals surface area contributed by atoms with E-state index in [-0.39, 0.29) is 6.04 Å². The summed E-state index contributed by atoms with van der Waals surface area (Å²) in [6.45, 7) is 0. The maximum Gasteiger partial charge on any atom is 0.233 e. The summed E-state index contributed by atoms with van der Waals surface area (Å²) in [6, 6.07) is 10.9. The summed E-state index contributed by atoms with van der Waals surface area (Å²) in [6.07, 6.45) is 4.66. The van der Waals surface area contributed by atoms with Gasteiger partial charge in [-0.25, -0.2) is 0 Å². The van der Waals surface area contributed by atoms with Crippen molar-refractivity contribution in [1.82, 2.24) is 15.5 Å². The number of aryl methyl sites for hydroxylation is 2. The molecule has 1 aliphatic carbocycles. The van der Waals surface area contributed by atoms with Crippen LogP contribution in [0.15, 0.2) is 30.3 Å². The molecule has 1 aliphatic rings. The third kappa shape index (κ3) is 3.05. The highest BCUT2D eigenvalue weighted by molar-refractivity contribution is 5.36. The Kier molecular flexibility index (Phi) is 4.15. The van der Waals surface area contributed by atoms with E-state index in [4.69, 9.17) is 4.74 Å². The highest BCUT2D eigenvalue weighted by Crippen LogP contribution is 2.25. The van der Waals surface area contributed by atoms with Crippen LogP contribution in [0.1, 0.15) is 34.8 Å². The van der Waals surface area contributed by atoms with E-state index in [1.165, 1.54) is 36.0 Å². The standard InChI is InChI=1S/C17H21N3O/c1-18-16(15-8-9-17(21-2)20-19-15)11-12-6-7-13-4-3-5-14(13)10-12/h6-10,16,18H,3-5,11H2,1-2H3. The molecule has 1 unspecified atom stereocenters. The molecule has 2 aromatic rings. The van der Waals surface area contributed by atoms with Gasteiger partial charge in [0.1, 0.15) is 0 Å². The van der Waals surface area contributed by atoms with E-state index in [0.717, 1.165) is 12.1 Å². The number of likely N-dealkylation sites (N-methyl/N-ethyl adjacent to an activating group) is 1. The van der Waals surface area contributed by atoms with Crippen molar-refractivity contribution in [1.29, 1.82) is 0 Å². The molecule has 0 bridgehead atoms. The van der Waals surface area contributed by atoms with Gasteiger partial charge in [-0.05, 0) is 55.5 Å². The second kappa shape index (κ2) is 6.22. The highest BCUT2D eigenvalue weighted by atomic mass is 16.5. The number of hydrogen-bond donors (Lipinski definition) is 1. The van der Waals surface area contributed by atoms with Crippen molar-refractivity contribution in [2.24, 2.45) is 0 Å². The molecule has 0 spiro atoms. The molecule has 110 valence electrons. The van der Waals surface area contributed by atoms with Gasteiger partial charge in [-0.3, -0.25) is 0 Å². The van der Waals surface area contributed by atoms with Crippen LogP contribution >= 0.6 is 0 Å². The van der Waals surface area contributed by atoms with Crippen molar-refractivity contribution in [3.05, 3.63) is 52.7 Å². The molecule has 1 atom stereocenters. The SMILES string of the molecule is CNC(Cc1ccc2c(c1)CCC2)c1ccc(OC)nn1. The van der Waals surface area contributed by atoms with E-state index in [2.05, 4.69) is 33.7 Å². The minimum absolute atomic E-state index is 0.169. The van der Waals surface area contributed by atoms with Crippen molar-refractivity contribution >= 4 is 0 Å². The van der Waals surface area contributed by atoms with Gasteiger partial charge in [0, 0.05) is 6.07 Å². The summed E-state index contributed by atoms with van der Waals surface area (Å²) in [7, 11) is 3.56. The van der Waals surface area contributed by atoms with E-state index in [0.29, 0.717) is 5.88 Å². The van der Waals surface area contributed by atoms with Gasteiger partial charge in [0.25, 0.3) is 0 Å². The molecule has 3 rings (SSSR count). The number of nitrogens with zero attached hydrogens (tertiary/aromatic N) is 2. The van der Waals surface area contributed by atoms with Gasteiger partial charge in [-0.15, -0.1) is 5.10 Å². The van der Waals surface area contributed by atoms with Crippen LogP contribution < -0.4 is 10.1 Å². The van der Waals surface area contributed by atoms with Gasteiger partial charge < -0.3 is 10.1 Å². The summed E-state index contributed by atoms with van der Waals surface area (Å²) in [5, 5.41) is 11.6. The molecule has 1 aromatic heterocycles. The molecule has 1 N–H and O–H groups in total. The van der Waals surface area contributed by atoms with Crippen molar-refractivity contribution in [2.45, 2.75) is 31.7 Å². The molecule has 0 fully saturated rings. The van der Waals surface area contributed by atoms with Crippen molar-refractivity contribution in [3.8, 4) is 5.88 Å². The molecule has 4 heteroatoms. The molecule has 1 heterocycles. The quantitative estimate of drug-likeness (QED) is 0.916. The minimum atomic E-state index is 0.169. The van der Waals surface area contributed by atoms with Gasteiger partial charge in [0.15, 0.2) is 0 Å². The fourth-order valence-electron chi connectivity index (χ4n) is 2.97. The van der Waals surface area contributed by atoms with Crippen LogP contribution in [0.2, 0.25) is 0 Å². The van der Waals surface area contributed by atoms with Crippen LogP contribution in [0.5, 0.6) is 5.88 Å². The largest absolute Gasteiger partial charge is 0.480 e. The first kappa shape index (κ1) is 14.0. The minimum Gasteiger partial charge on any atom is -0.480 e. The average molecular weight is 283 g/mol. The van der Waals surface area contributed by atoms with Crippen LogP contribution in [0.25, 0.3) is 0 Å². The Balaban J connectivity index is 1.77. The van der Waals surface area contributed by atoms with Crippen molar-refractivity contribution < 1.29 is 4.74 Å². The number of benzene rings is 1. The van der Waals surface area contributed by atoms with Gasteiger partial charge >= 0.3 is 0 Å². The first-order chi connectivity index (χ1) is 10.3. The lowest BCUT2D eigenvalue weighted by Gasteiger charge is -2.16. The first-order valence-corrected chi connectivity index (χ1v) is 7.45. The normalized spacial score (nSPS) is 14.8. The van der Waals surface area contributed by atoms with E-state index in [1.54, 1.807) is 7.11 Å². The predicted molar refractivity (Wildman–Crippen MR) is 82.6 cm³/mol.